The van der Waals surface area contributed by atoms with E-state index in [0.29, 0.717) is 12.0 Å². The van der Waals surface area contributed by atoms with E-state index in [0.717, 1.165) is 24.8 Å². The molecule has 18 heavy (non-hydrogen) atoms. The Labute approximate surface area is 109 Å². The quantitative estimate of drug-likeness (QED) is 0.836. The van der Waals surface area contributed by atoms with Gasteiger partial charge in [0.2, 0.25) is 5.91 Å². The molecular formula is C15H20N2O. The fourth-order valence-electron chi connectivity index (χ4n) is 1.89. The van der Waals surface area contributed by atoms with Crippen LogP contribution >= 0.6 is 0 Å². The van der Waals surface area contributed by atoms with Crippen molar-refractivity contribution in [1.29, 1.82) is 5.26 Å². The van der Waals surface area contributed by atoms with Crippen LogP contribution in [0.5, 0.6) is 0 Å². The molecule has 0 bridgehead atoms. The third-order valence-corrected chi connectivity index (χ3v) is 2.94. The van der Waals surface area contributed by atoms with E-state index in [1.807, 2.05) is 12.1 Å². The van der Waals surface area contributed by atoms with Crippen molar-refractivity contribution in [3.8, 4) is 6.07 Å². The number of amides is 1. The monoisotopic (exact) mass is 244 g/mol. The largest absolute Gasteiger partial charge is 0.353 e. The lowest BCUT2D eigenvalue weighted by Gasteiger charge is -2.15. The predicted molar refractivity (Wildman–Crippen MR) is 72.0 cm³/mol. The molecule has 1 N–H and O–H groups in total. The normalized spacial score (nSPS) is 11.6. The maximum atomic E-state index is 11.8. The Hall–Kier alpha value is -1.82. The first-order valence-corrected chi connectivity index (χ1v) is 6.48. The van der Waals surface area contributed by atoms with Crippen molar-refractivity contribution >= 4 is 5.91 Å². The van der Waals surface area contributed by atoms with Gasteiger partial charge in [0.25, 0.3) is 0 Å². The minimum absolute atomic E-state index is 0.0556. The zero-order chi connectivity index (χ0) is 13.4. The maximum absolute atomic E-state index is 11.8. The number of rotatable bonds is 6. The maximum Gasteiger partial charge on any atom is 0.224 e. The van der Waals surface area contributed by atoms with Crippen LogP contribution in [-0.2, 0) is 11.2 Å². The van der Waals surface area contributed by atoms with Crippen LogP contribution < -0.4 is 5.32 Å². The van der Waals surface area contributed by atoms with Crippen LogP contribution in [0.1, 0.15) is 44.2 Å². The molecule has 1 rings (SSSR count). The molecule has 0 aliphatic heterocycles. The average Bonchev–Trinajstić information content (AvgIpc) is 2.39. The summed E-state index contributed by atoms with van der Waals surface area (Å²) in [6.45, 7) is 4.21. The van der Waals surface area contributed by atoms with Gasteiger partial charge in [-0.15, -0.1) is 0 Å². The van der Waals surface area contributed by atoms with Crippen molar-refractivity contribution in [2.24, 2.45) is 0 Å². The van der Waals surface area contributed by atoms with E-state index in [1.54, 1.807) is 12.1 Å². The van der Waals surface area contributed by atoms with E-state index in [9.17, 15) is 4.79 Å². The first-order valence-electron chi connectivity index (χ1n) is 6.48. The molecule has 0 aromatic heterocycles. The predicted octanol–water partition coefficient (Wildman–Crippen LogP) is 2.80. The highest BCUT2D eigenvalue weighted by molar-refractivity contribution is 5.78. The summed E-state index contributed by atoms with van der Waals surface area (Å²) >= 11 is 0. The molecule has 1 unspecified atom stereocenters. The average molecular weight is 244 g/mol. The Bertz CT molecular complexity index is 417. The van der Waals surface area contributed by atoms with Crippen molar-refractivity contribution in [3.63, 3.8) is 0 Å². The van der Waals surface area contributed by atoms with Gasteiger partial charge >= 0.3 is 0 Å². The molecule has 96 valence electrons. The topological polar surface area (TPSA) is 52.9 Å². The molecule has 0 spiro atoms. The summed E-state index contributed by atoms with van der Waals surface area (Å²) in [7, 11) is 0. The van der Waals surface area contributed by atoms with Gasteiger partial charge in [0, 0.05) is 6.04 Å². The van der Waals surface area contributed by atoms with Gasteiger partial charge in [-0.2, -0.15) is 5.26 Å². The Morgan fingerprint density at radius 2 is 2.00 bits per heavy atom. The van der Waals surface area contributed by atoms with Crippen LogP contribution in [0.25, 0.3) is 0 Å². The number of hydrogen-bond donors (Lipinski definition) is 1. The van der Waals surface area contributed by atoms with E-state index in [2.05, 4.69) is 25.2 Å². The lowest BCUT2D eigenvalue weighted by molar-refractivity contribution is -0.121. The minimum atomic E-state index is 0.0556. The first-order chi connectivity index (χ1) is 8.69. The molecule has 1 amide bonds. The van der Waals surface area contributed by atoms with Crippen LogP contribution in [0.4, 0.5) is 0 Å². The van der Waals surface area contributed by atoms with Gasteiger partial charge in [0.15, 0.2) is 0 Å². The number of nitriles is 1. The molecule has 1 aromatic rings. The van der Waals surface area contributed by atoms with E-state index in [-0.39, 0.29) is 11.9 Å². The van der Waals surface area contributed by atoms with Gasteiger partial charge in [-0.3, -0.25) is 4.79 Å². The van der Waals surface area contributed by atoms with Gasteiger partial charge in [-0.25, -0.2) is 0 Å². The second-order valence-electron chi connectivity index (χ2n) is 4.45. The summed E-state index contributed by atoms with van der Waals surface area (Å²) in [5, 5.41) is 11.7. The molecule has 0 aliphatic rings. The summed E-state index contributed by atoms with van der Waals surface area (Å²) in [4.78, 5) is 11.8. The Balaban J connectivity index is 2.50. The lowest BCUT2D eigenvalue weighted by atomic mass is 10.1. The summed E-state index contributed by atoms with van der Waals surface area (Å²) in [6.07, 6.45) is 3.45. The van der Waals surface area contributed by atoms with Crippen LogP contribution in [0.3, 0.4) is 0 Å². The molecule has 0 saturated heterocycles. The molecule has 3 heteroatoms. The number of nitrogens with zero attached hydrogens (tertiary/aromatic N) is 1. The van der Waals surface area contributed by atoms with E-state index < -0.39 is 0 Å². The fraction of sp³-hybridized carbons (Fsp3) is 0.467. The number of nitrogens with one attached hydrogen (secondary N) is 1. The standard InChI is InChI=1S/C15H20N2O/c1-3-5-14(4-2)17-15(18)10-12-6-8-13(11-16)9-7-12/h6-9,14H,3-5,10H2,1-2H3,(H,17,18). The first kappa shape index (κ1) is 14.2. The van der Waals surface area contributed by atoms with Crippen molar-refractivity contribution in [2.45, 2.75) is 45.6 Å². The number of hydrogen-bond acceptors (Lipinski definition) is 2. The number of benzene rings is 1. The zero-order valence-corrected chi connectivity index (χ0v) is 11.1. The third-order valence-electron chi connectivity index (χ3n) is 2.94. The second kappa shape index (κ2) is 7.50. The molecule has 3 nitrogen and oxygen atoms in total. The van der Waals surface area contributed by atoms with Gasteiger partial charge in [-0.05, 0) is 30.5 Å². The highest BCUT2D eigenvalue weighted by Crippen LogP contribution is 2.06. The van der Waals surface area contributed by atoms with Crippen molar-refractivity contribution in [3.05, 3.63) is 35.4 Å². The highest BCUT2D eigenvalue weighted by Gasteiger charge is 2.09. The van der Waals surface area contributed by atoms with Gasteiger partial charge < -0.3 is 5.32 Å². The highest BCUT2D eigenvalue weighted by atomic mass is 16.1. The summed E-state index contributed by atoms with van der Waals surface area (Å²) in [6, 6.07) is 9.49. The van der Waals surface area contributed by atoms with E-state index in [4.69, 9.17) is 5.26 Å². The second-order valence-corrected chi connectivity index (χ2v) is 4.45. The molecule has 0 heterocycles. The van der Waals surface area contributed by atoms with Crippen molar-refractivity contribution in [2.75, 3.05) is 0 Å². The number of carbonyl (C=O) groups excluding carboxylic acids is 1. The molecule has 1 aromatic carbocycles. The minimum Gasteiger partial charge on any atom is -0.353 e. The van der Waals surface area contributed by atoms with E-state index in [1.165, 1.54) is 0 Å². The summed E-state index contributed by atoms with van der Waals surface area (Å²) in [5.41, 5.74) is 1.56. The molecule has 0 saturated carbocycles. The molecule has 0 radical (unpaired) electrons. The lowest BCUT2D eigenvalue weighted by Crippen LogP contribution is -2.35. The smallest absolute Gasteiger partial charge is 0.224 e. The summed E-state index contributed by atoms with van der Waals surface area (Å²) in [5.74, 6) is 0.0556. The van der Waals surface area contributed by atoms with Crippen molar-refractivity contribution in [1.82, 2.24) is 5.32 Å². The van der Waals surface area contributed by atoms with Gasteiger partial charge in [-0.1, -0.05) is 32.4 Å². The molecule has 0 fully saturated rings. The summed E-state index contributed by atoms with van der Waals surface area (Å²) < 4.78 is 0. The van der Waals surface area contributed by atoms with Crippen molar-refractivity contribution < 1.29 is 4.79 Å². The van der Waals surface area contributed by atoms with Gasteiger partial charge in [0.05, 0.1) is 18.1 Å². The van der Waals surface area contributed by atoms with Crippen LogP contribution in [0, 0.1) is 11.3 Å². The number of carbonyl (C=O) groups is 1. The Morgan fingerprint density at radius 3 is 2.50 bits per heavy atom. The fourth-order valence-corrected chi connectivity index (χ4v) is 1.89. The van der Waals surface area contributed by atoms with Crippen LogP contribution in [-0.4, -0.2) is 11.9 Å². The molecular weight excluding hydrogens is 224 g/mol. The van der Waals surface area contributed by atoms with E-state index >= 15 is 0 Å². The van der Waals surface area contributed by atoms with Gasteiger partial charge in [0.1, 0.15) is 0 Å². The zero-order valence-electron chi connectivity index (χ0n) is 11.1. The van der Waals surface area contributed by atoms with Crippen LogP contribution in [0.15, 0.2) is 24.3 Å². The molecule has 0 aliphatic carbocycles. The Kier molecular flexibility index (Phi) is 5.93. The third kappa shape index (κ3) is 4.58. The van der Waals surface area contributed by atoms with Crippen LogP contribution in [0.2, 0.25) is 0 Å². The molecule has 1 atom stereocenters. The SMILES string of the molecule is CCCC(CC)NC(=O)Cc1ccc(C#N)cc1. The Morgan fingerprint density at radius 1 is 1.33 bits per heavy atom.